The van der Waals surface area contributed by atoms with Gasteiger partial charge in [0.05, 0.1) is 12.8 Å². The smallest absolute Gasteiger partial charge is 0.125 e. The van der Waals surface area contributed by atoms with E-state index in [1.54, 1.807) is 6.20 Å². The fourth-order valence-corrected chi connectivity index (χ4v) is 0.788. The van der Waals surface area contributed by atoms with Crippen LogP contribution in [0.5, 0.6) is 5.75 Å². The first-order chi connectivity index (χ1) is 5.34. The van der Waals surface area contributed by atoms with E-state index in [2.05, 4.69) is 18.1 Å². The van der Waals surface area contributed by atoms with Crippen molar-refractivity contribution >= 4 is 0 Å². The number of pyridine rings is 1. The van der Waals surface area contributed by atoms with Crippen LogP contribution >= 0.6 is 0 Å². The van der Waals surface area contributed by atoms with Gasteiger partial charge in [0.1, 0.15) is 5.75 Å². The number of rotatable bonds is 3. The Balaban J connectivity index is 2.62. The third kappa shape index (κ3) is 2.22. The summed E-state index contributed by atoms with van der Waals surface area (Å²) in [6.45, 7) is 4.79. The molecule has 0 aliphatic heterocycles. The summed E-state index contributed by atoms with van der Waals surface area (Å²) in [6.07, 6.45) is 5.56. The topological polar surface area (TPSA) is 22.1 Å². The molecule has 59 valence electrons. The van der Waals surface area contributed by atoms with Crippen LogP contribution in [0.4, 0.5) is 0 Å². The summed E-state index contributed by atoms with van der Waals surface area (Å²) in [6, 6.07) is 1.86. The number of nitrogens with zero attached hydrogens (tertiary/aromatic N) is 1. The molecule has 2 nitrogen and oxygen atoms in total. The minimum absolute atomic E-state index is 0.763. The zero-order chi connectivity index (χ0) is 8.10. The molecule has 0 aliphatic carbocycles. The minimum Gasteiger partial charge on any atom is -0.493 e. The highest BCUT2D eigenvalue weighted by atomic mass is 16.5. The van der Waals surface area contributed by atoms with E-state index >= 15 is 0 Å². The van der Waals surface area contributed by atoms with Gasteiger partial charge in [0.15, 0.2) is 0 Å². The van der Waals surface area contributed by atoms with Gasteiger partial charge in [-0.25, -0.2) is 0 Å². The average Bonchev–Trinajstić information content (AvgIpc) is 2.03. The third-order valence-corrected chi connectivity index (χ3v) is 1.36. The minimum atomic E-state index is 0.763. The summed E-state index contributed by atoms with van der Waals surface area (Å²) in [5.74, 6) is 0.891. The molecule has 1 radical (unpaired) electrons. The van der Waals surface area contributed by atoms with Gasteiger partial charge in [0.2, 0.25) is 0 Å². The first-order valence-corrected chi connectivity index (χ1v) is 3.80. The van der Waals surface area contributed by atoms with Gasteiger partial charge in [-0.1, -0.05) is 6.92 Å². The van der Waals surface area contributed by atoms with Crippen LogP contribution in [0.3, 0.4) is 0 Å². The molecule has 0 aliphatic rings. The summed E-state index contributed by atoms with van der Waals surface area (Å²) in [7, 11) is 0. The van der Waals surface area contributed by atoms with Gasteiger partial charge in [-0.15, -0.1) is 0 Å². The van der Waals surface area contributed by atoms with Gasteiger partial charge in [0, 0.05) is 11.8 Å². The predicted octanol–water partition coefficient (Wildman–Crippen LogP) is 1.98. The molecule has 2 heteroatoms. The molecule has 1 aromatic rings. The molecule has 0 amide bonds. The highest BCUT2D eigenvalue weighted by Crippen LogP contribution is 2.13. The van der Waals surface area contributed by atoms with Crippen molar-refractivity contribution in [3.05, 3.63) is 24.0 Å². The molecule has 11 heavy (non-hydrogen) atoms. The molecule has 1 rings (SSSR count). The largest absolute Gasteiger partial charge is 0.493 e. The quantitative estimate of drug-likeness (QED) is 0.657. The Hall–Kier alpha value is -1.05. The molecule has 0 N–H and O–H groups in total. The number of ether oxygens (including phenoxy) is 1. The van der Waals surface area contributed by atoms with Gasteiger partial charge in [-0.05, 0) is 19.4 Å². The molecule has 0 spiro atoms. The molecule has 0 aromatic carbocycles. The fraction of sp³-hybridized carbons (Fsp3) is 0.444. The third-order valence-electron chi connectivity index (χ3n) is 1.36. The van der Waals surface area contributed by atoms with E-state index in [-0.39, 0.29) is 0 Å². The second-order valence-corrected chi connectivity index (χ2v) is 2.39. The Labute approximate surface area is 67.2 Å². The van der Waals surface area contributed by atoms with E-state index in [9.17, 15) is 0 Å². The van der Waals surface area contributed by atoms with Crippen LogP contribution in [-0.4, -0.2) is 11.6 Å². The Morgan fingerprint density at radius 1 is 1.64 bits per heavy atom. The maximum Gasteiger partial charge on any atom is 0.125 e. The summed E-state index contributed by atoms with van der Waals surface area (Å²) >= 11 is 0. The Morgan fingerprint density at radius 2 is 2.45 bits per heavy atom. The maximum atomic E-state index is 5.41. The summed E-state index contributed by atoms with van der Waals surface area (Å²) < 4.78 is 5.41. The van der Waals surface area contributed by atoms with Crippen molar-refractivity contribution in [1.82, 2.24) is 4.98 Å². The molecule has 0 saturated carbocycles. The predicted molar refractivity (Wildman–Crippen MR) is 43.6 cm³/mol. The van der Waals surface area contributed by atoms with E-state index in [0.717, 1.165) is 24.3 Å². The average molecular weight is 150 g/mol. The van der Waals surface area contributed by atoms with E-state index in [0.29, 0.717) is 0 Å². The maximum absolute atomic E-state index is 5.41. The standard InChI is InChI=1S/C9H12NO/c1-3-6-11-9-4-5-10-7-8(9)2/h4-5H,3,6H2,1-2H3. The molecule has 0 atom stereocenters. The van der Waals surface area contributed by atoms with Crippen molar-refractivity contribution in [2.24, 2.45) is 0 Å². The number of hydrogen-bond acceptors (Lipinski definition) is 2. The highest BCUT2D eigenvalue weighted by molar-refractivity contribution is 5.27. The normalized spacial score (nSPS) is 9.64. The van der Waals surface area contributed by atoms with E-state index in [1.165, 1.54) is 0 Å². The zero-order valence-electron chi connectivity index (χ0n) is 6.92. The second-order valence-electron chi connectivity index (χ2n) is 2.39. The molecular weight excluding hydrogens is 138 g/mol. The molecule has 1 heterocycles. The van der Waals surface area contributed by atoms with Crippen molar-refractivity contribution in [3.63, 3.8) is 0 Å². The highest BCUT2D eigenvalue weighted by Gasteiger charge is 1.96. The molecule has 1 aromatic heterocycles. The van der Waals surface area contributed by atoms with Gasteiger partial charge < -0.3 is 4.74 Å². The van der Waals surface area contributed by atoms with Crippen LogP contribution < -0.4 is 4.74 Å². The molecular formula is C9H12NO. The van der Waals surface area contributed by atoms with Crippen LogP contribution in [0.25, 0.3) is 0 Å². The van der Waals surface area contributed by atoms with Crippen molar-refractivity contribution in [1.29, 1.82) is 0 Å². The van der Waals surface area contributed by atoms with Crippen molar-refractivity contribution in [2.45, 2.75) is 20.3 Å². The molecule has 0 unspecified atom stereocenters. The second kappa shape index (κ2) is 3.96. The van der Waals surface area contributed by atoms with Crippen molar-refractivity contribution < 1.29 is 4.74 Å². The lowest BCUT2D eigenvalue weighted by Gasteiger charge is -2.05. The number of aryl methyl sites for hydroxylation is 1. The van der Waals surface area contributed by atoms with Crippen LogP contribution in [0, 0.1) is 13.1 Å². The van der Waals surface area contributed by atoms with Gasteiger partial charge >= 0.3 is 0 Å². The van der Waals surface area contributed by atoms with E-state index in [1.807, 2.05) is 13.0 Å². The summed E-state index contributed by atoms with van der Waals surface area (Å²) in [5.41, 5.74) is 0.973. The van der Waals surface area contributed by atoms with Crippen molar-refractivity contribution in [2.75, 3.05) is 6.61 Å². The first kappa shape index (κ1) is 8.05. The Morgan fingerprint density at radius 3 is 3.09 bits per heavy atom. The first-order valence-electron chi connectivity index (χ1n) is 3.80. The summed E-state index contributed by atoms with van der Waals surface area (Å²) in [4.78, 5) is 3.85. The van der Waals surface area contributed by atoms with Crippen molar-refractivity contribution in [3.8, 4) is 5.75 Å². The lowest BCUT2D eigenvalue weighted by molar-refractivity contribution is 0.315. The SMILES string of the molecule is CCCOc1ccn[c]c1C. The van der Waals surface area contributed by atoms with Crippen LogP contribution in [0.2, 0.25) is 0 Å². The Kier molecular flexibility index (Phi) is 2.90. The van der Waals surface area contributed by atoms with Gasteiger partial charge in [-0.2, -0.15) is 0 Å². The van der Waals surface area contributed by atoms with E-state index in [4.69, 9.17) is 4.74 Å². The lowest BCUT2D eigenvalue weighted by atomic mass is 10.3. The van der Waals surface area contributed by atoms with Crippen LogP contribution in [0.1, 0.15) is 18.9 Å². The Bertz CT molecular complexity index is 223. The van der Waals surface area contributed by atoms with E-state index < -0.39 is 0 Å². The molecule has 0 bridgehead atoms. The lowest BCUT2D eigenvalue weighted by Crippen LogP contribution is -1.96. The monoisotopic (exact) mass is 150 g/mol. The summed E-state index contributed by atoms with van der Waals surface area (Å²) in [5, 5.41) is 0. The fourth-order valence-electron chi connectivity index (χ4n) is 0.788. The van der Waals surface area contributed by atoms with Gasteiger partial charge in [-0.3, -0.25) is 4.98 Å². The zero-order valence-corrected chi connectivity index (χ0v) is 6.92. The van der Waals surface area contributed by atoms with Crippen LogP contribution in [0.15, 0.2) is 12.3 Å². The number of aromatic nitrogens is 1. The molecule has 0 fully saturated rings. The van der Waals surface area contributed by atoms with Gasteiger partial charge in [0.25, 0.3) is 0 Å². The number of hydrogen-bond donors (Lipinski definition) is 0. The molecule has 0 saturated heterocycles. The van der Waals surface area contributed by atoms with Crippen LogP contribution in [-0.2, 0) is 0 Å².